The minimum Gasteiger partial charge on any atom is -0.455 e. The van der Waals surface area contributed by atoms with Gasteiger partial charge in [0.25, 0.3) is 0 Å². The van der Waals surface area contributed by atoms with Crippen molar-refractivity contribution in [2.24, 2.45) is 0 Å². The quantitative estimate of drug-likeness (QED) is 0.172. The van der Waals surface area contributed by atoms with Crippen LogP contribution in [0.2, 0.25) is 0 Å². The summed E-state index contributed by atoms with van der Waals surface area (Å²) in [6.45, 7) is 0. The third-order valence-electron chi connectivity index (χ3n) is 10.7. The molecule has 0 unspecified atom stereocenters. The van der Waals surface area contributed by atoms with E-state index in [4.69, 9.17) is 19.4 Å². The lowest BCUT2D eigenvalue weighted by atomic mass is 9.97. The van der Waals surface area contributed by atoms with Crippen molar-refractivity contribution in [1.29, 1.82) is 0 Å². The summed E-state index contributed by atoms with van der Waals surface area (Å²) in [5.41, 5.74) is 12.1. The molecule has 0 amide bonds. The molecule has 0 aliphatic rings. The van der Waals surface area contributed by atoms with E-state index >= 15 is 0 Å². The summed E-state index contributed by atoms with van der Waals surface area (Å²) >= 11 is 0. The Bertz CT molecular complexity index is 3130. The third-order valence-corrected chi connectivity index (χ3v) is 10.7. The van der Waals surface area contributed by atoms with Gasteiger partial charge in [-0.05, 0) is 59.2 Å². The minimum atomic E-state index is 0.582. The Morgan fingerprint density at radius 2 is 0.875 bits per heavy atom. The molecule has 0 bridgehead atoms. The maximum absolute atomic E-state index is 7.05. The molecule has 0 fully saturated rings. The lowest BCUT2D eigenvalue weighted by Gasteiger charge is -2.13. The first-order valence-electron chi connectivity index (χ1n) is 18.8. The van der Waals surface area contributed by atoms with Crippen LogP contribution in [0.4, 0.5) is 0 Å². The molecule has 0 saturated carbocycles. The van der Waals surface area contributed by atoms with Gasteiger partial charge in [-0.3, -0.25) is 0 Å². The minimum absolute atomic E-state index is 0.582. The highest BCUT2D eigenvalue weighted by Crippen LogP contribution is 2.43. The fourth-order valence-electron chi connectivity index (χ4n) is 8.03. The lowest BCUT2D eigenvalue weighted by Crippen LogP contribution is -2.00. The molecule has 56 heavy (non-hydrogen) atoms. The standard InChI is InChI=1S/C51H32N4O/c1-4-15-33(16-5-1)36-21-14-22-37(31-36)39-29-30-45(55-43-25-12-10-23-40(43)41-24-11-13-26-44(41)55)47-42-28-27-38(32-46(42)56-48(39)47)51-53-49(34-17-6-2-7-18-34)52-50(54-51)35-19-8-3-9-20-35/h1-32H. The average Bonchev–Trinajstić information content (AvgIpc) is 3.83. The number of benzene rings is 8. The zero-order chi connectivity index (χ0) is 37.0. The number of fused-ring (bicyclic) bond motifs is 6. The first kappa shape index (κ1) is 31.9. The monoisotopic (exact) mass is 716 g/mol. The molecule has 0 aliphatic heterocycles. The molecule has 3 heterocycles. The smallest absolute Gasteiger partial charge is 0.164 e. The number of furan rings is 1. The SMILES string of the molecule is c1ccc(-c2cccc(-c3ccc(-n4c5ccccc5c5ccccc54)c4c3oc3cc(-c5nc(-c6ccccc6)nc(-c6ccccc6)n5)ccc34)c2)cc1. The summed E-state index contributed by atoms with van der Waals surface area (Å²) in [4.78, 5) is 15.0. The van der Waals surface area contributed by atoms with Gasteiger partial charge >= 0.3 is 0 Å². The van der Waals surface area contributed by atoms with Crippen molar-refractivity contribution >= 4 is 43.7 Å². The zero-order valence-electron chi connectivity index (χ0n) is 30.2. The van der Waals surface area contributed by atoms with E-state index in [9.17, 15) is 0 Å². The molecule has 0 radical (unpaired) electrons. The Kier molecular flexibility index (Phi) is 7.42. The summed E-state index contributed by atoms with van der Waals surface area (Å²) in [5, 5.41) is 4.49. The maximum Gasteiger partial charge on any atom is 0.164 e. The summed E-state index contributed by atoms with van der Waals surface area (Å²) in [7, 11) is 0. The van der Waals surface area contributed by atoms with Gasteiger partial charge in [0.2, 0.25) is 0 Å². The molecule has 11 rings (SSSR count). The van der Waals surface area contributed by atoms with Crippen LogP contribution in [0.25, 0.3) is 106 Å². The fourth-order valence-corrected chi connectivity index (χ4v) is 8.03. The molecule has 0 aliphatic carbocycles. The van der Waals surface area contributed by atoms with E-state index in [0.717, 1.165) is 72.0 Å². The Hall–Kier alpha value is -7.63. The van der Waals surface area contributed by atoms with Gasteiger partial charge in [0.05, 0.1) is 22.1 Å². The van der Waals surface area contributed by atoms with Crippen molar-refractivity contribution in [3.63, 3.8) is 0 Å². The van der Waals surface area contributed by atoms with E-state index < -0.39 is 0 Å². The van der Waals surface area contributed by atoms with Crippen LogP contribution in [0, 0.1) is 0 Å². The Morgan fingerprint density at radius 3 is 1.50 bits per heavy atom. The van der Waals surface area contributed by atoms with Crippen LogP contribution >= 0.6 is 0 Å². The fraction of sp³-hybridized carbons (Fsp3) is 0. The number of hydrogen-bond donors (Lipinski definition) is 0. The van der Waals surface area contributed by atoms with Gasteiger partial charge in [-0.2, -0.15) is 0 Å². The van der Waals surface area contributed by atoms with E-state index in [1.165, 1.54) is 16.3 Å². The van der Waals surface area contributed by atoms with E-state index in [2.05, 4.69) is 138 Å². The van der Waals surface area contributed by atoms with Crippen LogP contribution in [-0.4, -0.2) is 19.5 Å². The summed E-state index contributed by atoms with van der Waals surface area (Å²) in [5.74, 6) is 1.82. The molecule has 8 aromatic carbocycles. The van der Waals surface area contributed by atoms with Crippen molar-refractivity contribution < 1.29 is 4.42 Å². The molecule has 3 aromatic heterocycles. The molecular formula is C51H32N4O. The van der Waals surface area contributed by atoms with Crippen LogP contribution in [0.15, 0.2) is 199 Å². The molecule has 0 spiro atoms. The second-order valence-electron chi connectivity index (χ2n) is 14.0. The third kappa shape index (κ3) is 5.29. The number of para-hydroxylation sites is 2. The molecule has 262 valence electrons. The predicted octanol–water partition coefficient (Wildman–Crippen LogP) is 13.2. The van der Waals surface area contributed by atoms with Gasteiger partial charge in [-0.1, -0.05) is 152 Å². The molecule has 5 heteroatoms. The first-order chi connectivity index (χ1) is 27.8. The molecule has 11 aromatic rings. The van der Waals surface area contributed by atoms with Gasteiger partial charge in [0.15, 0.2) is 17.5 Å². The highest BCUT2D eigenvalue weighted by molar-refractivity contribution is 6.17. The van der Waals surface area contributed by atoms with Crippen LogP contribution in [-0.2, 0) is 0 Å². The normalized spacial score (nSPS) is 11.6. The number of aromatic nitrogens is 4. The van der Waals surface area contributed by atoms with Crippen molar-refractivity contribution in [3.05, 3.63) is 194 Å². The highest BCUT2D eigenvalue weighted by Gasteiger charge is 2.22. The summed E-state index contributed by atoms with van der Waals surface area (Å²) in [6, 6.07) is 67.4. The topological polar surface area (TPSA) is 56.7 Å². The Morgan fingerprint density at radius 1 is 0.357 bits per heavy atom. The van der Waals surface area contributed by atoms with Crippen molar-refractivity contribution in [1.82, 2.24) is 19.5 Å². The van der Waals surface area contributed by atoms with E-state index in [-0.39, 0.29) is 0 Å². The van der Waals surface area contributed by atoms with Gasteiger partial charge in [0.1, 0.15) is 11.2 Å². The molecular weight excluding hydrogens is 685 g/mol. The molecule has 0 N–H and O–H groups in total. The first-order valence-corrected chi connectivity index (χ1v) is 18.8. The summed E-state index contributed by atoms with van der Waals surface area (Å²) < 4.78 is 9.43. The molecule has 0 atom stereocenters. The highest BCUT2D eigenvalue weighted by atomic mass is 16.3. The number of nitrogens with zero attached hydrogens (tertiary/aromatic N) is 4. The van der Waals surface area contributed by atoms with Gasteiger partial charge in [0, 0.05) is 38.4 Å². The average molecular weight is 717 g/mol. The Balaban J connectivity index is 1.17. The van der Waals surface area contributed by atoms with Crippen molar-refractivity contribution in [3.8, 4) is 62.1 Å². The number of rotatable bonds is 6. The Labute approximate surface area is 322 Å². The molecule has 5 nitrogen and oxygen atoms in total. The van der Waals surface area contributed by atoms with Crippen LogP contribution in [0.5, 0.6) is 0 Å². The predicted molar refractivity (Wildman–Crippen MR) is 229 cm³/mol. The zero-order valence-corrected chi connectivity index (χ0v) is 30.2. The number of hydrogen-bond acceptors (Lipinski definition) is 4. The van der Waals surface area contributed by atoms with E-state index in [1.807, 2.05) is 60.7 Å². The second-order valence-corrected chi connectivity index (χ2v) is 14.0. The van der Waals surface area contributed by atoms with Crippen LogP contribution in [0.1, 0.15) is 0 Å². The van der Waals surface area contributed by atoms with Crippen molar-refractivity contribution in [2.45, 2.75) is 0 Å². The maximum atomic E-state index is 7.05. The van der Waals surface area contributed by atoms with Crippen LogP contribution < -0.4 is 0 Å². The van der Waals surface area contributed by atoms with Gasteiger partial charge in [-0.15, -0.1) is 0 Å². The molecule has 0 saturated heterocycles. The van der Waals surface area contributed by atoms with Crippen LogP contribution in [0.3, 0.4) is 0 Å². The van der Waals surface area contributed by atoms with E-state index in [1.54, 1.807) is 0 Å². The van der Waals surface area contributed by atoms with Gasteiger partial charge in [-0.25, -0.2) is 15.0 Å². The largest absolute Gasteiger partial charge is 0.455 e. The van der Waals surface area contributed by atoms with Gasteiger partial charge < -0.3 is 8.98 Å². The lowest BCUT2D eigenvalue weighted by molar-refractivity contribution is 0.670. The van der Waals surface area contributed by atoms with E-state index in [0.29, 0.717) is 17.5 Å². The summed E-state index contributed by atoms with van der Waals surface area (Å²) in [6.07, 6.45) is 0. The second kappa shape index (κ2) is 13.0. The van der Waals surface area contributed by atoms with Crippen molar-refractivity contribution in [2.75, 3.05) is 0 Å².